The van der Waals surface area contributed by atoms with Crippen LogP contribution in [0.2, 0.25) is 12.6 Å². The lowest BCUT2D eigenvalue weighted by molar-refractivity contribution is 0.855. The van der Waals surface area contributed by atoms with Crippen LogP contribution in [0.5, 0.6) is 0 Å². The highest BCUT2D eigenvalue weighted by Crippen LogP contribution is 2.21. The molecule has 0 heterocycles. The molecule has 1 aromatic rings. The highest BCUT2D eigenvalue weighted by Gasteiger charge is 2.08. The van der Waals surface area contributed by atoms with Gasteiger partial charge in [0.25, 0.3) is 0 Å². The third-order valence-electron chi connectivity index (χ3n) is 2.80. The number of hydrogen-bond donors (Lipinski definition) is 0. The summed E-state index contributed by atoms with van der Waals surface area (Å²) in [7, 11) is -0.727. The quantitative estimate of drug-likeness (QED) is 0.522. The molecule has 0 bridgehead atoms. The molecule has 0 saturated carbocycles. The summed E-state index contributed by atoms with van der Waals surface area (Å²) in [5.74, 6) is 0.678. The molecule has 0 aromatic heterocycles. The number of rotatable bonds is 5. The van der Waals surface area contributed by atoms with Gasteiger partial charge in [-0.1, -0.05) is 73.8 Å². The molecule has 2 unspecified atom stereocenters. The summed E-state index contributed by atoms with van der Waals surface area (Å²) in [4.78, 5) is 0. The maximum absolute atomic E-state index is 3.90. The van der Waals surface area contributed by atoms with Crippen LogP contribution in [-0.2, 0) is 0 Å². The summed E-state index contributed by atoms with van der Waals surface area (Å²) >= 11 is 0. The third-order valence-corrected chi connectivity index (χ3v) is 5.10. The van der Waals surface area contributed by atoms with Crippen LogP contribution >= 0.6 is 0 Å². The molecule has 1 rings (SSSR count). The van der Waals surface area contributed by atoms with Gasteiger partial charge in [0.05, 0.1) is 8.80 Å². The average molecular weight is 230 g/mol. The molecule has 0 N–H and O–H groups in total. The molecule has 0 aliphatic rings. The van der Waals surface area contributed by atoms with E-state index in [-0.39, 0.29) is 0 Å². The maximum atomic E-state index is 3.90. The summed E-state index contributed by atoms with van der Waals surface area (Å²) < 4.78 is 0. The minimum absolute atomic E-state index is 0.678. The predicted molar refractivity (Wildman–Crippen MR) is 76.6 cm³/mol. The molecule has 0 amide bonds. The Bertz CT molecular complexity index is 351. The normalized spacial score (nSPS) is 14.9. The molecule has 0 spiro atoms. The van der Waals surface area contributed by atoms with E-state index in [1.54, 1.807) is 0 Å². The summed E-state index contributed by atoms with van der Waals surface area (Å²) in [6, 6.07) is 12.1. The topological polar surface area (TPSA) is 0 Å². The molecule has 1 heteroatoms. The van der Waals surface area contributed by atoms with Crippen LogP contribution in [0.15, 0.2) is 54.3 Å². The Morgan fingerprint density at radius 2 is 2.00 bits per heavy atom. The van der Waals surface area contributed by atoms with Gasteiger partial charge in [0.15, 0.2) is 0 Å². The van der Waals surface area contributed by atoms with Gasteiger partial charge < -0.3 is 0 Å². The smallest absolute Gasteiger partial charge is 0.0590 e. The van der Waals surface area contributed by atoms with Crippen LogP contribution in [0.25, 0.3) is 0 Å². The predicted octanol–water partition coefficient (Wildman–Crippen LogP) is 4.32. The summed E-state index contributed by atoms with van der Waals surface area (Å²) in [5.41, 5.74) is 5.01. The van der Waals surface area contributed by atoms with Crippen molar-refractivity contribution in [1.82, 2.24) is 0 Å². The van der Waals surface area contributed by atoms with Crippen molar-refractivity contribution >= 4 is 8.80 Å². The zero-order chi connectivity index (χ0) is 12.0. The standard InChI is InChI=1S/C15H22Si/c1-13(2)10-11-16(4)12-14(3)15-8-6-5-7-9-15/h5-11,14,16H,1,12H2,2-4H3. The maximum Gasteiger partial charge on any atom is 0.0590 e. The molecule has 0 aliphatic carbocycles. The second-order valence-electron chi connectivity index (χ2n) is 4.73. The van der Waals surface area contributed by atoms with Crippen LogP contribution in [0.1, 0.15) is 25.3 Å². The highest BCUT2D eigenvalue weighted by atomic mass is 28.3. The third kappa shape index (κ3) is 4.62. The van der Waals surface area contributed by atoms with Gasteiger partial charge in [-0.2, -0.15) is 0 Å². The SMILES string of the molecule is C=C(C)C=C[SiH](C)CC(C)c1ccccc1. The van der Waals surface area contributed by atoms with E-state index >= 15 is 0 Å². The number of allylic oxidation sites excluding steroid dienone is 2. The number of benzene rings is 1. The first-order chi connectivity index (χ1) is 7.59. The molecule has 0 saturated heterocycles. The fraction of sp³-hybridized carbons (Fsp3) is 0.333. The van der Waals surface area contributed by atoms with Crippen LogP contribution < -0.4 is 0 Å². The zero-order valence-electron chi connectivity index (χ0n) is 10.6. The molecule has 2 atom stereocenters. The molecule has 16 heavy (non-hydrogen) atoms. The van der Waals surface area contributed by atoms with Crippen molar-refractivity contribution < 1.29 is 0 Å². The Morgan fingerprint density at radius 3 is 2.56 bits per heavy atom. The Morgan fingerprint density at radius 1 is 1.38 bits per heavy atom. The summed E-state index contributed by atoms with van der Waals surface area (Å²) in [5, 5.41) is 0. The van der Waals surface area contributed by atoms with Crippen molar-refractivity contribution in [3.8, 4) is 0 Å². The lowest BCUT2D eigenvalue weighted by Crippen LogP contribution is -2.07. The molecule has 86 valence electrons. The molecule has 1 aromatic carbocycles. The van der Waals surface area contributed by atoms with E-state index in [1.807, 2.05) is 0 Å². The van der Waals surface area contributed by atoms with Crippen molar-refractivity contribution in [3.05, 3.63) is 59.8 Å². The van der Waals surface area contributed by atoms with Crippen LogP contribution in [-0.4, -0.2) is 8.80 Å². The second-order valence-corrected chi connectivity index (χ2v) is 7.54. The Kier molecular flexibility index (Phi) is 5.27. The van der Waals surface area contributed by atoms with Crippen molar-refractivity contribution in [2.75, 3.05) is 0 Å². The van der Waals surface area contributed by atoms with Gasteiger partial charge in [-0.05, 0) is 18.4 Å². The lowest BCUT2D eigenvalue weighted by Gasteiger charge is -2.14. The summed E-state index contributed by atoms with van der Waals surface area (Å²) in [6.45, 7) is 10.7. The Labute approximate surface area is 101 Å². The van der Waals surface area contributed by atoms with E-state index in [9.17, 15) is 0 Å². The van der Waals surface area contributed by atoms with Crippen molar-refractivity contribution in [1.29, 1.82) is 0 Å². The van der Waals surface area contributed by atoms with Gasteiger partial charge in [-0.3, -0.25) is 0 Å². The first-order valence-corrected chi connectivity index (χ1v) is 8.62. The van der Waals surface area contributed by atoms with Crippen molar-refractivity contribution in [2.24, 2.45) is 0 Å². The molecule has 0 aliphatic heterocycles. The number of hydrogen-bond acceptors (Lipinski definition) is 0. The molecule has 0 fully saturated rings. The highest BCUT2D eigenvalue weighted by molar-refractivity contribution is 6.63. The van der Waals surface area contributed by atoms with E-state index in [4.69, 9.17) is 0 Å². The van der Waals surface area contributed by atoms with Gasteiger partial charge in [0.2, 0.25) is 0 Å². The van der Waals surface area contributed by atoms with Crippen LogP contribution in [0.3, 0.4) is 0 Å². The van der Waals surface area contributed by atoms with E-state index in [1.165, 1.54) is 11.6 Å². The summed E-state index contributed by atoms with van der Waals surface area (Å²) in [6.07, 6.45) is 2.18. The monoisotopic (exact) mass is 230 g/mol. The average Bonchev–Trinajstić information content (AvgIpc) is 2.27. The Balaban J connectivity index is 2.52. The van der Waals surface area contributed by atoms with Crippen LogP contribution in [0.4, 0.5) is 0 Å². The zero-order valence-corrected chi connectivity index (χ0v) is 11.8. The Hall–Kier alpha value is -1.08. The minimum atomic E-state index is -0.727. The lowest BCUT2D eigenvalue weighted by atomic mass is 10.0. The van der Waals surface area contributed by atoms with Gasteiger partial charge in [-0.15, -0.1) is 0 Å². The second kappa shape index (κ2) is 6.49. The minimum Gasteiger partial charge on any atom is -0.0976 e. The van der Waals surface area contributed by atoms with E-state index < -0.39 is 8.80 Å². The van der Waals surface area contributed by atoms with Gasteiger partial charge >= 0.3 is 0 Å². The molecule has 0 nitrogen and oxygen atoms in total. The van der Waals surface area contributed by atoms with Gasteiger partial charge in [0.1, 0.15) is 0 Å². The first kappa shape index (κ1) is 13.0. The fourth-order valence-electron chi connectivity index (χ4n) is 1.88. The van der Waals surface area contributed by atoms with Crippen molar-refractivity contribution in [2.45, 2.75) is 32.4 Å². The fourth-order valence-corrected chi connectivity index (χ4v) is 4.08. The van der Waals surface area contributed by atoms with Gasteiger partial charge in [0, 0.05) is 0 Å². The molecular weight excluding hydrogens is 208 g/mol. The molecular formula is C15H22Si. The van der Waals surface area contributed by atoms with Crippen molar-refractivity contribution in [3.63, 3.8) is 0 Å². The van der Waals surface area contributed by atoms with E-state index in [0.717, 1.165) is 5.57 Å². The van der Waals surface area contributed by atoms with Crippen LogP contribution in [0, 0.1) is 0 Å². The van der Waals surface area contributed by atoms with E-state index in [0.29, 0.717) is 5.92 Å². The first-order valence-electron chi connectivity index (χ1n) is 5.98. The largest absolute Gasteiger partial charge is 0.0976 e. The van der Waals surface area contributed by atoms with Gasteiger partial charge in [-0.25, -0.2) is 0 Å². The van der Waals surface area contributed by atoms with E-state index in [2.05, 4.69) is 69.1 Å². The molecule has 0 radical (unpaired) electrons.